The van der Waals surface area contributed by atoms with Crippen LogP contribution in [0.1, 0.15) is 31.8 Å². The predicted molar refractivity (Wildman–Crippen MR) is 121 cm³/mol. The van der Waals surface area contributed by atoms with Crippen LogP contribution in [0.15, 0.2) is 64.8 Å². The van der Waals surface area contributed by atoms with Gasteiger partial charge in [-0.2, -0.15) is 0 Å². The second-order valence-electron chi connectivity index (χ2n) is 6.76. The number of fused-ring (bicyclic) bond motifs is 1. The maximum absolute atomic E-state index is 12.9. The van der Waals surface area contributed by atoms with Crippen LogP contribution in [0.5, 0.6) is 17.2 Å². The Kier molecular flexibility index (Phi) is 5.85. The summed E-state index contributed by atoms with van der Waals surface area (Å²) in [7, 11) is 1.56. The van der Waals surface area contributed by atoms with E-state index in [9.17, 15) is 9.59 Å². The summed E-state index contributed by atoms with van der Waals surface area (Å²) in [5.74, 6) is 0.558. The standard InChI is InChI=1S/C24H16BrClO5/c1-13-19(31-24(28)16-5-3-4-6-18(16)26)10-8-17-22(27)21(30-23(13)17)12-14-11-15(25)7-9-20(14)29-2/h3-12H,1-2H3/b21-12-. The first-order valence-electron chi connectivity index (χ1n) is 9.27. The highest BCUT2D eigenvalue weighted by Crippen LogP contribution is 2.40. The Hall–Kier alpha value is -3.09. The van der Waals surface area contributed by atoms with Crippen molar-refractivity contribution in [1.82, 2.24) is 0 Å². The summed E-state index contributed by atoms with van der Waals surface area (Å²) in [5, 5.41) is 0.297. The van der Waals surface area contributed by atoms with Crippen LogP contribution in [-0.4, -0.2) is 18.9 Å². The predicted octanol–water partition coefficient (Wildman–Crippen LogP) is 6.25. The molecule has 1 aliphatic rings. The highest BCUT2D eigenvalue weighted by molar-refractivity contribution is 9.10. The molecule has 3 aromatic carbocycles. The van der Waals surface area contributed by atoms with Gasteiger partial charge >= 0.3 is 5.97 Å². The summed E-state index contributed by atoms with van der Waals surface area (Å²) >= 11 is 9.50. The Balaban J connectivity index is 1.65. The number of halogens is 2. The van der Waals surface area contributed by atoms with Crippen LogP contribution in [-0.2, 0) is 0 Å². The summed E-state index contributed by atoms with van der Waals surface area (Å²) in [4.78, 5) is 25.4. The minimum Gasteiger partial charge on any atom is -0.496 e. The van der Waals surface area contributed by atoms with Crippen LogP contribution in [0, 0.1) is 6.92 Å². The fraction of sp³-hybridized carbons (Fsp3) is 0.0833. The van der Waals surface area contributed by atoms with Crippen molar-refractivity contribution in [3.8, 4) is 17.2 Å². The van der Waals surface area contributed by atoms with E-state index >= 15 is 0 Å². The molecule has 0 atom stereocenters. The van der Waals surface area contributed by atoms with Gasteiger partial charge in [-0.25, -0.2) is 4.79 Å². The zero-order valence-corrected chi connectivity index (χ0v) is 18.9. The van der Waals surface area contributed by atoms with Gasteiger partial charge < -0.3 is 14.2 Å². The number of Topliss-reactive ketones (excluding diaryl/α,β-unsaturated/α-hetero) is 1. The fourth-order valence-electron chi connectivity index (χ4n) is 3.22. The zero-order chi connectivity index (χ0) is 22.1. The second kappa shape index (κ2) is 8.57. The summed E-state index contributed by atoms with van der Waals surface area (Å²) in [6.07, 6.45) is 1.63. The Bertz CT molecular complexity index is 1250. The third-order valence-corrected chi connectivity index (χ3v) is 5.63. The molecule has 0 unspecified atom stereocenters. The normalized spacial score (nSPS) is 13.7. The summed E-state index contributed by atoms with van der Waals surface area (Å²) in [6, 6.07) is 15.3. The van der Waals surface area contributed by atoms with E-state index in [0.717, 1.165) is 4.47 Å². The Morgan fingerprint density at radius 1 is 1.10 bits per heavy atom. The topological polar surface area (TPSA) is 61.8 Å². The van der Waals surface area contributed by atoms with Crippen molar-refractivity contribution >= 4 is 45.4 Å². The van der Waals surface area contributed by atoms with Crippen LogP contribution in [0.3, 0.4) is 0 Å². The summed E-state index contributed by atoms with van der Waals surface area (Å²) in [6.45, 7) is 1.73. The van der Waals surface area contributed by atoms with E-state index < -0.39 is 5.97 Å². The zero-order valence-electron chi connectivity index (χ0n) is 16.6. The molecule has 0 fully saturated rings. The van der Waals surface area contributed by atoms with Crippen LogP contribution in [0.2, 0.25) is 5.02 Å². The number of ketones is 1. The number of carbonyl (C=O) groups excluding carboxylic acids is 2. The van der Waals surface area contributed by atoms with E-state index in [0.29, 0.717) is 33.2 Å². The molecule has 0 radical (unpaired) electrons. The van der Waals surface area contributed by atoms with E-state index in [4.69, 9.17) is 25.8 Å². The number of rotatable bonds is 4. The molecule has 4 rings (SSSR count). The number of hydrogen-bond acceptors (Lipinski definition) is 5. The quantitative estimate of drug-likeness (QED) is 0.241. The van der Waals surface area contributed by atoms with Crippen molar-refractivity contribution in [3.63, 3.8) is 0 Å². The number of hydrogen-bond donors (Lipinski definition) is 0. The lowest BCUT2D eigenvalue weighted by Gasteiger charge is -2.10. The lowest BCUT2D eigenvalue weighted by molar-refractivity contribution is 0.0733. The van der Waals surface area contributed by atoms with Crippen LogP contribution < -0.4 is 14.2 Å². The first-order valence-corrected chi connectivity index (χ1v) is 10.4. The third kappa shape index (κ3) is 4.09. The van der Waals surface area contributed by atoms with Gasteiger partial charge in [0.2, 0.25) is 5.78 Å². The molecule has 3 aromatic rings. The largest absolute Gasteiger partial charge is 0.496 e. The van der Waals surface area contributed by atoms with Gasteiger partial charge in [-0.1, -0.05) is 39.7 Å². The van der Waals surface area contributed by atoms with Gasteiger partial charge in [0.25, 0.3) is 0 Å². The second-order valence-corrected chi connectivity index (χ2v) is 8.08. The highest BCUT2D eigenvalue weighted by Gasteiger charge is 2.31. The molecule has 0 bridgehead atoms. The van der Waals surface area contributed by atoms with E-state index in [2.05, 4.69) is 15.9 Å². The number of esters is 1. The van der Waals surface area contributed by atoms with Gasteiger partial charge in [0.05, 0.1) is 23.3 Å². The highest BCUT2D eigenvalue weighted by atomic mass is 79.9. The molecule has 1 heterocycles. The molecule has 0 aromatic heterocycles. The van der Waals surface area contributed by atoms with E-state index in [1.54, 1.807) is 62.6 Å². The molecule has 5 nitrogen and oxygen atoms in total. The smallest absolute Gasteiger partial charge is 0.345 e. The van der Waals surface area contributed by atoms with Gasteiger partial charge in [0.1, 0.15) is 17.2 Å². The van der Waals surface area contributed by atoms with E-state index in [-0.39, 0.29) is 22.9 Å². The Morgan fingerprint density at radius 3 is 2.58 bits per heavy atom. The third-order valence-electron chi connectivity index (χ3n) is 4.81. The molecule has 156 valence electrons. The number of methoxy groups -OCH3 is 1. The molecule has 7 heteroatoms. The first-order chi connectivity index (χ1) is 14.9. The fourth-order valence-corrected chi connectivity index (χ4v) is 3.81. The lowest BCUT2D eigenvalue weighted by atomic mass is 10.1. The van der Waals surface area contributed by atoms with Crippen LogP contribution in [0.25, 0.3) is 6.08 Å². The van der Waals surface area contributed by atoms with Crippen molar-refractivity contribution in [3.05, 3.63) is 92.1 Å². The van der Waals surface area contributed by atoms with Crippen LogP contribution >= 0.6 is 27.5 Å². The molecule has 0 saturated carbocycles. The molecular weight excluding hydrogens is 484 g/mol. The lowest BCUT2D eigenvalue weighted by Crippen LogP contribution is -2.10. The summed E-state index contributed by atoms with van der Waals surface area (Å²) in [5.41, 5.74) is 1.88. The van der Waals surface area contributed by atoms with Gasteiger partial charge in [-0.3, -0.25) is 4.79 Å². The molecule has 0 amide bonds. The van der Waals surface area contributed by atoms with Crippen LogP contribution in [0.4, 0.5) is 0 Å². The molecule has 31 heavy (non-hydrogen) atoms. The van der Waals surface area contributed by atoms with E-state index in [1.165, 1.54) is 0 Å². The minimum absolute atomic E-state index is 0.157. The molecule has 0 aliphatic carbocycles. The van der Waals surface area contributed by atoms with E-state index in [1.807, 2.05) is 12.1 Å². The van der Waals surface area contributed by atoms with Crippen molar-refractivity contribution < 1.29 is 23.8 Å². The number of ether oxygens (including phenoxy) is 3. The number of benzene rings is 3. The Labute approximate surface area is 192 Å². The monoisotopic (exact) mass is 498 g/mol. The number of allylic oxidation sites excluding steroid dienone is 1. The average Bonchev–Trinajstić information content (AvgIpc) is 3.07. The van der Waals surface area contributed by atoms with Gasteiger partial charge in [-0.05, 0) is 55.5 Å². The molecule has 0 spiro atoms. The molecule has 1 aliphatic heterocycles. The van der Waals surface area contributed by atoms with Gasteiger partial charge in [0.15, 0.2) is 5.76 Å². The SMILES string of the molecule is COc1ccc(Br)cc1/C=C1\Oc2c(ccc(OC(=O)c3ccccc3Cl)c2C)C1=O. The average molecular weight is 500 g/mol. The Morgan fingerprint density at radius 2 is 1.84 bits per heavy atom. The minimum atomic E-state index is -0.590. The van der Waals surface area contributed by atoms with Gasteiger partial charge in [0, 0.05) is 15.6 Å². The van der Waals surface area contributed by atoms with Crippen molar-refractivity contribution in [2.75, 3.05) is 7.11 Å². The number of carbonyl (C=O) groups is 2. The summed E-state index contributed by atoms with van der Waals surface area (Å²) < 4.78 is 17.6. The van der Waals surface area contributed by atoms with Crippen molar-refractivity contribution in [2.45, 2.75) is 6.92 Å². The molecule has 0 N–H and O–H groups in total. The maximum Gasteiger partial charge on any atom is 0.345 e. The molecular formula is C24H16BrClO5. The van der Waals surface area contributed by atoms with Crippen molar-refractivity contribution in [2.24, 2.45) is 0 Å². The first kappa shape index (κ1) is 21.2. The van der Waals surface area contributed by atoms with Gasteiger partial charge in [-0.15, -0.1) is 0 Å². The maximum atomic E-state index is 12.9. The van der Waals surface area contributed by atoms with Crippen molar-refractivity contribution in [1.29, 1.82) is 0 Å². The molecule has 0 saturated heterocycles.